The summed E-state index contributed by atoms with van der Waals surface area (Å²) in [6, 6.07) is 7.57. The van der Waals surface area contributed by atoms with Gasteiger partial charge in [-0.05, 0) is 31.2 Å². The number of anilines is 1. The van der Waals surface area contributed by atoms with Gasteiger partial charge in [-0.2, -0.15) is 0 Å². The summed E-state index contributed by atoms with van der Waals surface area (Å²) >= 11 is 1.60. The Morgan fingerprint density at radius 2 is 2.05 bits per heavy atom. The van der Waals surface area contributed by atoms with Gasteiger partial charge in [0.25, 0.3) is 0 Å². The molecule has 0 aromatic heterocycles. The Labute approximate surface area is 116 Å². The number of rotatable bonds is 5. The summed E-state index contributed by atoms with van der Waals surface area (Å²) in [5.74, 6) is -0.339. The topological polar surface area (TPSA) is 70.2 Å². The van der Waals surface area contributed by atoms with Gasteiger partial charge in [0.15, 0.2) is 0 Å². The molecule has 0 heterocycles. The van der Waals surface area contributed by atoms with Gasteiger partial charge in [0.1, 0.15) is 0 Å². The monoisotopic (exact) mass is 279 g/mol. The van der Waals surface area contributed by atoms with E-state index < -0.39 is 6.03 Å². The van der Waals surface area contributed by atoms with Crippen LogP contribution >= 0.6 is 11.8 Å². The van der Waals surface area contributed by atoms with Crippen LogP contribution in [0.25, 0.3) is 0 Å². The molecule has 1 aromatic rings. The lowest BCUT2D eigenvalue weighted by Gasteiger charge is -2.10. The molecule has 3 amide bonds. The molecule has 0 unspecified atom stereocenters. The molecule has 1 aliphatic carbocycles. The maximum Gasteiger partial charge on any atom is 0.321 e. The minimum absolute atomic E-state index is 0.0790. The minimum atomic E-state index is -0.410. The molecule has 1 fully saturated rings. The number of carbonyl (C=O) groups excluding carboxylic acids is 2. The number of benzene rings is 1. The highest BCUT2D eigenvalue weighted by Crippen LogP contribution is 2.24. The van der Waals surface area contributed by atoms with Gasteiger partial charge in [0.2, 0.25) is 5.91 Å². The summed E-state index contributed by atoms with van der Waals surface area (Å²) in [4.78, 5) is 24.0. The van der Waals surface area contributed by atoms with Crippen LogP contribution in [-0.4, -0.2) is 30.8 Å². The first kappa shape index (κ1) is 13.7. The molecule has 19 heavy (non-hydrogen) atoms. The molecule has 102 valence electrons. The van der Waals surface area contributed by atoms with E-state index in [2.05, 4.69) is 16.0 Å². The van der Waals surface area contributed by atoms with E-state index >= 15 is 0 Å². The maximum absolute atomic E-state index is 11.6. The smallest absolute Gasteiger partial charge is 0.321 e. The number of hydrogen-bond donors (Lipinski definition) is 3. The fourth-order valence-electron chi connectivity index (χ4n) is 1.59. The molecule has 0 radical (unpaired) electrons. The Bertz CT molecular complexity index is 475. The molecular formula is C13H17N3O2S. The standard InChI is InChI=1S/C13H17N3O2S/c1-19-11-5-3-2-4-10(11)14-8-12(17)16-13(18)15-9-6-7-9/h2-5,9,14H,6-8H2,1H3,(H2,15,16,17,18). The second-order valence-corrected chi connectivity index (χ2v) is 5.20. The number of hydrogen-bond acceptors (Lipinski definition) is 4. The predicted octanol–water partition coefficient (Wildman–Crippen LogP) is 1.81. The molecule has 0 bridgehead atoms. The molecule has 0 spiro atoms. The van der Waals surface area contributed by atoms with Gasteiger partial charge in [-0.3, -0.25) is 10.1 Å². The molecule has 0 aliphatic heterocycles. The number of thioether (sulfide) groups is 1. The lowest BCUT2D eigenvalue weighted by Crippen LogP contribution is -2.42. The fraction of sp³-hybridized carbons (Fsp3) is 0.385. The van der Waals surface area contributed by atoms with E-state index in [1.54, 1.807) is 11.8 Å². The van der Waals surface area contributed by atoms with Crippen LogP contribution in [0, 0.1) is 0 Å². The largest absolute Gasteiger partial charge is 0.375 e. The molecule has 2 rings (SSSR count). The molecule has 0 atom stereocenters. The molecule has 0 saturated heterocycles. The average Bonchev–Trinajstić information content (AvgIpc) is 3.20. The third-order valence-electron chi connectivity index (χ3n) is 2.71. The lowest BCUT2D eigenvalue weighted by molar-refractivity contribution is -0.118. The molecule has 1 aromatic carbocycles. The normalized spacial score (nSPS) is 13.7. The second kappa shape index (κ2) is 6.47. The van der Waals surface area contributed by atoms with Crippen molar-refractivity contribution in [2.24, 2.45) is 0 Å². The van der Waals surface area contributed by atoms with Crippen molar-refractivity contribution in [1.82, 2.24) is 10.6 Å². The van der Waals surface area contributed by atoms with Crippen molar-refractivity contribution >= 4 is 29.4 Å². The summed E-state index contributed by atoms with van der Waals surface area (Å²) in [7, 11) is 0. The van der Waals surface area contributed by atoms with E-state index in [1.807, 2.05) is 30.5 Å². The molecule has 1 saturated carbocycles. The van der Waals surface area contributed by atoms with Crippen LogP contribution in [0.15, 0.2) is 29.2 Å². The van der Waals surface area contributed by atoms with Crippen LogP contribution < -0.4 is 16.0 Å². The number of nitrogens with one attached hydrogen (secondary N) is 3. The molecule has 1 aliphatic rings. The molecule has 6 heteroatoms. The SMILES string of the molecule is CSc1ccccc1NCC(=O)NC(=O)NC1CC1. The van der Waals surface area contributed by atoms with Gasteiger partial charge in [-0.25, -0.2) is 4.79 Å². The zero-order chi connectivity index (χ0) is 13.7. The first-order valence-electron chi connectivity index (χ1n) is 6.16. The van der Waals surface area contributed by atoms with Crippen molar-refractivity contribution < 1.29 is 9.59 Å². The number of carbonyl (C=O) groups is 2. The highest BCUT2D eigenvalue weighted by Gasteiger charge is 2.23. The number of para-hydroxylation sites is 1. The van der Waals surface area contributed by atoms with Crippen molar-refractivity contribution in [2.75, 3.05) is 18.1 Å². The van der Waals surface area contributed by atoms with Crippen LogP contribution in [0.4, 0.5) is 10.5 Å². The first-order chi connectivity index (χ1) is 9.19. The number of amides is 3. The molecule has 3 N–H and O–H groups in total. The van der Waals surface area contributed by atoms with E-state index in [1.165, 1.54) is 0 Å². The van der Waals surface area contributed by atoms with E-state index in [4.69, 9.17) is 0 Å². The van der Waals surface area contributed by atoms with Gasteiger partial charge in [-0.15, -0.1) is 11.8 Å². The van der Waals surface area contributed by atoms with Crippen LogP contribution in [0.1, 0.15) is 12.8 Å². The molecule has 5 nitrogen and oxygen atoms in total. The van der Waals surface area contributed by atoms with Crippen molar-refractivity contribution in [3.05, 3.63) is 24.3 Å². The van der Waals surface area contributed by atoms with Crippen LogP contribution in [0.2, 0.25) is 0 Å². The average molecular weight is 279 g/mol. The van der Waals surface area contributed by atoms with Crippen molar-refractivity contribution in [1.29, 1.82) is 0 Å². The zero-order valence-electron chi connectivity index (χ0n) is 10.7. The Balaban J connectivity index is 1.77. The third kappa shape index (κ3) is 4.48. The van der Waals surface area contributed by atoms with Crippen molar-refractivity contribution in [3.63, 3.8) is 0 Å². The van der Waals surface area contributed by atoms with E-state index in [9.17, 15) is 9.59 Å². The van der Waals surface area contributed by atoms with E-state index in [-0.39, 0.29) is 18.5 Å². The summed E-state index contributed by atoms with van der Waals surface area (Å²) in [5.41, 5.74) is 0.896. The highest BCUT2D eigenvalue weighted by atomic mass is 32.2. The maximum atomic E-state index is 11.6. The predicted molar refractivity (Wildman–Crippen MR) is 76.4 cm³/mol. The third-order valence-corrected chi connectivity index (χ3v) is 3.51. The van der Waals surface area contributed by atoms with Gasteiger partial charge >= 0.3 is 6.03 Å². The van der Waals surface area contributed by atoms with Gasteiger partial charge in [-0.1, -0.05) is 12.1 Å². The number of urea groups is 1. The Kier molecular flexibility index (Phi) is 4.68. The second-order valence-electron chi connectivity index (χ2n) is 4.35. The zero-order valence-corrected chi connectivity index (χ0v) is 11.5. The van der Waals surface area contributed by atoms with Gasteiger partial charge in [0.05, 0.1) is 6.54 Å². The van der Waals surface area contributed by atoms with Crippen molar-refractivity contribution in [3.8, 4) is 0 Å². The van der Waals surface area contributed by atoms with Crippen molar-refractivity contribution in [2.45, 2.75) is 23.8 Å². The quantitative estimate of drug-likeness (QED) is 0.719. The first-order valence-corrected chi connectivity index (χ1v) is 7.38. The highest BCUT2D eigenvalue weighted by molar-refractivity contribution is 7.98. The Morgan fingerprint density at radius 3 is 2.74 bits per heavy atom. The summed E-state index contributed by atoms with van der Waals surface area (Å²) in [6.07, 6.45) is 3.98. The van der Waals surface area contributed by atoms with E-state index in [0.717, 1.165) is 23.4 Å². The van der Waals surface area contributed by atoms with Gasteiger partial charge in [0, 0.05) is 16.6 Å². The summed E-state index contributed by atoms with van der Waals surface area (Å²) < 4.78 is 0. The Hall–Kier alpha value is -1.69. The number of imide groups is 1. The van der Waals surface area contributed by atoms with Crippen LogP contribution in [0.3, 0.4) is 0 Å². The van der Waals surface area contributed by atoms with Crippen LogP contribution in [-0.2, 0) is 4.79 Å². The fourth-order valence-corrected chi connectivity index (χ4v) is 2.16. The van der Waals surface area contributed by atoms with Crippen LogP contribution in [0.5, 0.6) is 0 Å². The van der Waals surface area contributed by atoms with E-state index in [0.29, 0.717) is 0 Å². The Morgan fingerprint density at radius 1 is 1.32 bits per heavy atom. The lowest BCUT2D eigenvalue weighted by atomic mass is 10.3. The summed E-state index contributed by atoms with van der Waals surface area (Å²) in [5, 5.41) is 8.03. The van der Waals surface area contributed by atoms with Gasteiger partial charge < -0.3 is 10.6 Å². The summed E-state index contributed by atoms with van der Waals surface area (Å²) in [6.45, 7) is 0.0790. The molecular weight excluding hydrogens is 262 g/mol. The minimum Gasteiger partial charge on any atom is -0.375 e.